The Bertz CT molecular complexity index is 1410. The third-order valence-corrected chi connectivity index (χ3v) is 7.62. The van der Waals surface area contributed by atoms with Gasteiger partial charge in [0.05, 0.1) is 21.4 Å². The molecule has 1 aromatic carbocycles. The lowest BCUT2D eigenvalue weighted by Gasteiger charge is -2.29. The molecular weight excluding hydrogens is 499 g/mol. The summed E-state index contributed by atoms with van der Waals surface area (Å²) in [5, 5.41) is 19.0. The molecule has 0 N–H and O–H groups in total. The number of nitrogens with zero attached hydrogens (tertiary/aromatic N) is 4. The van der Waals surface area contributed by atoms with Crippen LogP contribution in [-0.4, -0.2) is 32.5 Å². The molecule has 3 heterocycles. The van der Waals surface area contributed by atoms with Crippen LogP contribution < -0.4 is 9.67 Å². The van der Waals surface area contributed by atoms with Crippen LogP contribution in [0.3, 0.4) is 0 Å². The van der Waals surface area contributed by atoms with Gasteiger partial charge in [-0.1, -0.05) is 49.4 Å². The van der Waals surface area contributed by atoms with Crippen molar-refractivity contribution in [1.29, 1.82) is 0 Å². The van der Waals surface area contributed by atoms with Gasteiger partial charge in [0.2, 0.25) is 0 Å². The van der Waals surface area contributed by atoms with Gasteiger partial charge >= 0.3 is 5.91 Å². The smallest absolute Gasteiger partial charge is 0.327 e. The van der Waals surface area contributed by atoms with Gasteiger partial charge in [-0.2, -0.15) is 9.67 Å². The molecule has 0 spiro atoms. The van der Waals surface area contributed by atoms with Crippen molar-refractivity contribution in [3.05, 3.63) is 69.6 Å². The number of imide groups is 1. The Hall–Kier alpha value is -3.16. The molecule has 1 aliphatic carbocycles. The van der Waals surface area contributed by atoms with E-state index in [1.54, 1.807) is 35.2 Å². The SMILES string of the molecule is CCc1nn(-c2ccc(Cl)c(Cl)c2)c([O-])c1C1=C([n+]2cccc(C)c2)C(=O)N(C2CCCCC2)C1=O. The van der Waals surface area contributed by atoms with Crippen molar-refractivity contribution in [3.8, 4) is 11.6 Å². The Kier molecular flexibility index (Phi) is 6.62. The number of hydrogen-bond acceptors (Lipinski definition) is 4. The molecule has 186 valence electrons. The summed E-state index contributed by atoms with van der Waals surface area (Å²) in [7, 11) is 0. The highest BCUT2D eigenvalue weighted by Crippen LogP contribution is 2.40. The molecule has 2 aromatic heterocycles. The molecule has 0 unspecified atom stereocenters. The van der Waals surface area contributed by atoms with Crippen LogP contribution in [0.5, 0.6) is 5.88 Å². The highest BCUT2D eigenvalue weighted by atomic mass is 35.5. The Morgan fingerprint density at radius 1 is 1.08 bits per heavy atom. The first-order chi connectivity index (χ1) is 17.3. The van der Waals surface area contributed by atoms with Gasteiger partial charge in [-0.3, -0.25) is 14.5 Å². The Balaban J connectivity index is 1.73. The van der Waals surface area contributed by atoms with Gasteiger partial charge in [0.1, 0.15) is 5.57 Å². The molecule has 1 aliphatic heterocycles. The van der Waals surface area contributed by atoms with Crippen LogP contribution in [0.1, 0.15) is 55.8 Å². The number of benzene rings is 1. The van der Waals surface area contributed by atoms with Crippen LogP contribution in [0.25, 0.3) is 17.0 Å². The highest BCUT2D eigenvalue weighted by Gasteiger charge is 2.49. The number of carbonyl (C=O) groups excluding carboxylic acids is 2. The van der Waals surface area contributed by atoms with Crippen molar-refractivity contribution in [2.24, 2.45) is 0 Å². The fraction of sp³-hybridized carbons (Fsp3) is 0.333. The minimum Gasteiger partial charge on any atom is -0.858 e. The number of carbonyl (C=O) groups is 2. The van der Waals surface area contributed by atoms with E-state index in [1.165, 1.54) is 9.58 Å². The molecular formula is C27H26Cl2N4O3. The lowest BCUT2D eigenvalue weighted by atomic mass is 9.94. The Morgan fingerprint density at radius 3 is 2.50 bits per heavy atom. The minimum atomic E-state index is -0.474. The molecule has 2 amide bonds. The largest absolute Gasteiger partial charge is 0.858 e. The zero-order chi connectivity index (χ0) is 25.6. The average molecular weight is 525 g/mol. The van der Waals surface area contributed by atoms with Crippen LogP contribution in [0.15, 0.2) is 42.7 Å². The number of rotatable bonds is 5. The molecule has 1 fully saturated rings. The van der Waals surface area contributed by atoms with E-state index < -0.39 is 11.8 Å². The first-order valence-corrected chi connectivity index (χ1v) is 12.9. The first-order valence-electron chi connectivity index (χ1n) is 12.2. The summed E-state index contributed by atoms with van der Waals surface area (Å²) in [6.07, 6.45) is 8.49. The maximum absolute atomic E-state index is 14.0. The Morgan fingerprint density at radius 2 is 1.83 bits per heavy atom. The van der Waals surface area contributed by atoms with Crippen molar-refractivity contribution in [2.75, 3.05) is 0 Å². The molecule has 0 bridgehead atoms. The normalized spacial score (nSPS) is 16.9. The Labute approximate surface area is 219 Å². The van der Waals surface area contributed by atoms with E-state index in [1.807, 2.05) is 26.0 Å². The highest BCUT2D eigenvalue weighted by molar-refractivity contribution is 6.45. The zero-order valence-corrected chi connectivity index (χ0v) is 21.6. The molecule has 1 saturated carbocycles. The van der Waals surface area contributed by atoms with Crippen molar-refractivity contribution >= 4 is 46.3 Å². The van der Waals surface area contributed by atoms with Crippen molar-refractivity contribution in [3.63, 3.8) is 0 Å². The van der Waals surface area contributed by atoms with E-state index in [-0.39, 0.29) is 33.8 Å². The van der Waals surface area contributed by atoms with Gasteiger partial charge < -0.3 is 5.11 Å². The van der Waals surface area contributed by atoms with Gasteiger partial charge in [0, 0.05) is 23.2 Å². The summed E-state index contributed by atoms with van der Waals surface area (Å²) in [5.74, 6) is -1.28. The lowest BCUT2D eigenvalue weighted by molar-refractivity contribution is -0.577. The monoisotopic (exact) mass is 524 g/mol. The van der Waals surface area contributed by atoms with E-state index in [4.69, 9.17) is 23.2 Å². The number of aromatic nitrogens is 3. The third kappa shape index (κ3) is 4.10. The number of halogens is 2. The first kappa shape index (κ1) is 24.5. The van der Waals surface area contributed by atoms with E-state index in [0.29, 0.717) is 22.8 Å². The van der Waals surface area contributed by atoms with Crippen LogP contribution in [0, 0.1) is 6.92 Å². The molecule has 36 heavy (non-hydrogen) atoms. The van der Waals surface area contributed by atoms with Crippen LogP contribution >= 0.6 is 23.2 Å². The molecule has 3 aromatic rings. The van der Waals surface area contributed by atoms with Crippen molar-refractivity contribution in [1.82, 2.24) is 14.7 Å². The van der Waals surface area contributed by atoms with E-state index in [9.17, 15) is 14.7 Å². The number of aryl methyl sites for hydroxylation is 2. The second-order valence-corrected chi connectivity index (χ2v) is 10.1. The second-order valence-electron chi connectivity index (χ2n) is 9.27. The molecule has 9 heteroatoms. The molecule has 0 saturated heterocycles. The number of hydrogen-bond donors (Lipinski definition) is 0. The van der Waals surface area contributed by atoms with Gasteiger partial charge in [-0.05, 0) is 56.3 Å². The topological polar surface area (TPSA) is 82.1 Å². The van der Waals surface area contributed by atoms with Crippen LogP contribution in [-0.2, 0) is 16.0 Å². The molecule has 7 nitrogen and oxygen atoms in total. The van der Waals surface area contributed by atoms with E-state index in [0.717, 1.165) is 37.7 Å². The maximum Gasteiger partial charge on any atom is 0.327 e. The summed E-state index contributed by atoms with van der Waals surface area (Å²) in [6, 6.07) is 8.35. The standard InChI is InChI=1S/C27H26Cl2N4O3/c1-3-21-22(26(35)33(30-21)18-11-12-19(28)20(29)14-18)23-24(31-13-7-8-16(2)15-31)27(36)32(25(23)34)17-9-5-4-6-10-17/h7-8,11-15,17H,3-6,9-10H2,1-2H3. The minimum absolute atomic E-state index is 0.106. The summed E-state index contributed by atoms with van der Waals surface area (Å²) >= 11 is 12.3. The van der Waals surface area contributed by atoms with E-state index in [2.05, 4.69) is 5.10 Å². The van der Waals surface area contributed by atoms with Gasteiger partial charge in [-0.15, -0.1) is 0 Å². The van der Waals surface area contributed by atoms with Crippen LogP contribution in [0.2, 0.25) is 10.0 Å². The van der Waals surface area contributed by atoms with Crippen molar-refractivity contribution < 1.29 is 19.3 Å². The maximum atomic E-state index is 14.0. The fourth-order valence-corrected chi connectivity index (χ4v) is 5.43. The molecule has 0 atom stereocenters. The summed E-state index contributed by atoms with van der Waals surface area (Å²) in [4.78, 5) is 29.2. The van der Waals surface area contributed by atoms with E-state index >= 15 is 0 Å². The second kappa shape index (κ2) is 9.71. The molecule has 0 radical (unpaired) electrons. The number of pyridine rings is 1. The van der Waals surface area contributed by atoms with Crippen LogP contribution in [0.4, 0.5) is 0 Å². The zero-order valence-electron chi connectivity index (χ0n) is 20.1. The predicted octanol–water partition coefficient (Wildman–Crippen LogP) is 4.48. The third-order valence-electron chi connectivity index (χ3n) is 6.89. The van der Waals surface area contributed by atoms with Crippen molar-refractivity contribution in [2.45, 2.75) is 58.4 Å². The quantitative estimate of drug-likeness (QED) is 0.364. The molecule has 2 aliphatic rings. The van der Waals surface area contributed by atoms with Gasteiger partial charge in [0.25, 0.3) is 11.6 Å². The summed E-state index contributed by atoms with van der Waals surface area (Å²) < 4.78 is 2.88. The fourth-order valence-electron chi connectivity index (χ4n) is 5.14. The summed E-state index contributed by atoms with van der Waals surface area (Å²) in [6.45, 7) is 3.78. The predicted molar refractivity (Wildman–Crippen MR) is 136 cm³/mol. The van der Waals surface area contributed by atoms with Gasteiger partial charge in [-0.25, -0.2) is 4.68 Å². The summed E-state index contributed by atoms with van der Waals surface area (Å²) in [5.41, 5.74) is 2.25. The molecule has 5 rings (SSSR count). The lowest BCUT2D eigenvalue weighted by Crippen LogP contribution is -2.45. The average Bonchev–Trinajstić information content (AvgIpc) is 3.33. The van der Waals surface area contributed by atoms with Gasteiger partial charge in [0.15, 0.2) is 12.4 Å². The number of amides is 2.